The quantitative estimate of drug-likeness (QED) is 0.578. The van der Waals surface area contributed by atoms with Gasteiger partial charge in [0.05, 0.1) is 18.0 Å². The summed E-state index contributed by atoms with van der Waals surface area (Å²) in [7, 11) is 0. The molecule has 1 aliphatic carbocycles. The lowest BCUT2D eigenvalue weighted by atomic mass is 10.1. The highest BCUT2D eigenvalue weighted by molar-refractivity contribution is 5.92. The Morgan fingerprint density at radius 2 is 2.14 bits per heavy atom. The molecule has 8 nitrogen and oxygen atoms in total. The average molecular weight is 294 g/mol. The van der Waals surface area contributed by atoms with Crippen molar-refractivity contribution in [3.63, 3.8) is 0 Å². The van der Waals surface area contributed by atoms with E-state index in [-0.39, 0.29) is 30.7 Å². The molecule has 1 amide bonds. The summed E-state index contributed by atoms with van der Waals surface area (Å²) in [5.74, 6) is -1.35. The van der Waals surface area contributed by atoms with Gasteiger partial charge in [-0.2, -0.15) is 0 Å². The van der Waals surface area contributed by atoms with E-state index in [1.807, 2.05) is 0 Å². The molecule has 1 fully saturated rings. The highest BCUT2D eigenvalue weighted by Crippen LogP contribution is 2.24. The number of rotatable bonds is 7. The molecule has 0 aromatic heterocycles. The van der Waals surface area contributed by atoms with Crippen LogP contribution in [0.4, 0.5) is 5.69 Å². The second-order valence-corrected chi connectivity index (χ2v) is 4.68. The van der Waals surface area contributed by atoms with E-state index >= 15 is 0 Å². The summed E-state index contributed by atoms with van der Waals surface area (Å²) in [6.45, 7) is 0.0788. The fraction of sp³-hybridized carbons (Fsp3) is 0.385. The van der Waals surface area contributed by atoms with Gasteiger partial charge in [-0.15, -0.1) is 0 Å². The summed E-state index contributed by atoms with van der Waals surface area (Å²) >= 11 is 0. The van der Waals surface area contributed by atoms with E-state index in [0.717, 1.165) is 25.0 Å². The number of carbonyl (C=O) groups excluding carboxylic acids is 1. The van der Waals surface area contributed by atoms with Gasteiger partial charge in [0.1, 0.15) is 11.3 Å². The van der Waals surface area contributed by atoms with Gasteiger partial charge in [0.15, 0.2) is 0 Å². The molecule has 0 unspecified atom stereocenters. The summed E-state index contributed by atoms with van der Waals surface area (Å²) in [4.78, 5) is 32.3. The summed E-state index contributed by atoms with van der Waals surface area (Å²) in [5.41, 5.74) is -0.943. The minimum Gasteiger partial charge on any atom is -0.493 e. The molecule has 0 heterocycles. The molecule has 0 radical (unpaired) electrons. The first kappa shape index (κ1) is 14.8. The first-order valence-electron chi connectivity index (χ1n) is 6.41. The standard InChI is InChI=1S/C13H14N2O6/c16-12(14-8-1-2-8)5-6-21-9-3-4-11(15(19)20)10(7-9)13(17)18/h3-4,7-8H,1-2,5-6H2,(H,14,16)(H,17,18). The van der Waals surface area contributed by atoms with Gasteiger partial charge in [-0.25, -0.2) is 4.79 Å². The lowest BCUT2D eigenvalue weighted by molar-refractivity contribution is -0.385. The number of nitro benzene ring substituents is 1. The Morgan fingerprint density at radius 3 is 2.71 bits per heavy atom. The summed E-state index contributed by atoms with van der Waals surface area (Å²) < 4.78 is 5.26. The minimum atomic E-state index is -1.40. The lowest BCUT2D eigenvalue weighted by Crippen LogP contribution is -2.26. The fourth-order valence-corrected chi connectivity index (χ4v) is 1.72. The van der Waals surface area contributed by atoms with Crippen LogP contribution in [-0.4, -0.2) is 34.6 Å². The zero-order valence-corrected chi connectivity index (χ0v) is 11.1. The number of carboxylic acids is 1. The predicted molar refractivity (Wildman–Crippen MR) is 71.3 cm³/mol. The molecular weight excluding hydrogens is 280 g/mol. The Hall–Kier alpha value is -2.64. The van der Waals surface area contributed by atoms with Crippen molar-refractivity contribution in [2.75, 3.05) is 6.61 Å². The third-order valence-corrected chi connectivity index (χ3v) is 2.94. The van der Waals surface area contributed by atoms with Crippen LogP contribution in [0.25, 0.3) is 0 Å². The van der Waals surface area contributed by atoms with Gasteiger partial charge in [-0.3, -0.25) is 14.9 Å². The van der Waals surface area contributed by atoms with Gasteiger partial charge in [-0.05, 0) is 18.9 Å². The van der Waals surface area contributed by atoms with Crippen molar-refractivity contribution >= 4 is 17.6 Å². The topological polar surface area (TPSA) is 119 Å². The molecule has 1 saturated carbocycles. The van der Waals surface area contributed by atoms with Gasteiger partial charge in [0, 0.05) is 18.2 Å². The number of ether oxygens (including phenoxy) is 1. The van der Waals surface area contributed by atoms with E-state index in [1.165, 1.54) is 6.07 Å². The van der Waals surface area contributed by atoms with Crippen LogP contribution in [-0.2, 0) is 4.79 Å². The number of nitro groups is 1. The second-order valence-electron chi connectivity index (χ2n) is 4.68. The largest absolute Gasteiger partial charge is 0.493 e. The van der Waals surface area contributed by atoms with Gasteiger partial charge in [0.25, 0.3) is 5.69 Å². The van der Waals surface area contributed by atoms with Crippen LogP contribution in [0.15, 0.2) is 18.2 Å². The molecule has 112 valence electrons. The van der Waals surface area contributed by atoms with E-state index in [1.54, 1.807) is 0 Å². The van der Waals surface area contributed by atoms with Crippen molar-refractivity contribution in [2.45, 2.75) is 25.3 Å². The first-order valence-corrected chi connectivity index (χ1v) is 6.41. The number of amides is 1. The normalized spacial score (nSPS) is 13.5. The molecule has 8 heteroatoms. The van der Waals surface area contributed by atoms with Gasteiger partial charge < -0.3 is 15.2 Å². The Kier molecular flexibility index (Phi) is 4.36. The monoisotopic (exact) mass is 294 g/mol. The van der Waals surface area contributed by atoms with Crippen LogP contribution >= 0.6 is 0 Å². The molecule has 0 atom stereocenters. The lowest BCUT2D eigenvalue weighted by Gasteiger charge is -2.07. The van der Waals surface area contributed by atoms with Crippen LogP contribution in [0.2, 0.25) is 0 Å². The third kappa shape index (κ3) is 4.16. The predicted octanol–water partition coefficient (Wildman–Crippen LogP) is 1.34. The average Bonchev–Trinajstić information content (AvgIpc) is 3.22. The Bertz CT molecular complexity index is 582. The smallest absolute Gasteiger partial charge is 0.342 e. The number of hydrogen-bond donors (Lipinski definition) is 2. The summed E-state index contributed by atoms with van der Waals surface area (Å²) in [6.07, 6.45) is 2.14. The Morgan fingerprint density at radius 1 is 1.43 bits per heavy atom. The van der Waals surface area contributed by atoms with Gasteiger partial charge >= 0.3 is 5.97 Å². The highest BCUT2D eigenvalue weighted by Gasteiger charge is 2.23. The number of aromatic carboxylic acids is 1. The molecule has 0 aliphatic heterocycles. The first-order chi connectivity index (χ1) is 9.97. The van der Waals surface area contributed by atoms with Crippen molar-refractivity contribution in [1.82, 2.24) is 5.32 Å². The molecule has 0 bridgehead atoms. The van der Waals surface area contributed by atoms with E-state index in [9.17, 15) is 19.7 Å². The molecule has 0 spiro atoms. The number of carbonyl (C=O) groups is 2. The number of nitrogens with zero attached hydrogens (tertiary/aromatic N) is 1. The van der Waals surface area contributed by atoms with Gasteiger partial charge in [0.2, 0.25) is 5.91 Å². The molecule has 1 aromatic rings. The van der Waals surface area contributed by atoms with Crippen molar-refractivity contribution in [3.05, 3.63) is 33.9 Å². The number of nitrogens with one attached hydrogen (secondary N) is 1. The maximum absolute atomic E-state index is 11.4. The maximum atomic E-state index is 11.4. The molecule has 1 aliphatic rings. The molecule has 2 rings (SSSR count). The number of hydrogen-bond acceptors (Lipinski definition) is 5. The van der Waals surface area contributed by atoms with Crippen LogP contribution in [0.5, 0.6) is 5.75 Å². The summed E-state index contributed by atoms with van der Waals surface area (Å²) in [5, 5.41) is 22.4. The molecule has 0 saturated heterocycles. The van der Waals surface area contributed by atoms with Crippen molar-refractivity contribution < 1.29 is 24.4 Å². The van der Waals surface area contributed by atoms with Crippen LogP contribution in [0.1, 0.15) is 29.6 Å². The zero-order chi connectivity index (χ0) is 15.4. The van der Waals surface area contributed by atoms with Crippen molar-refractivity contribution in [2.24, 2.45) is 0 Å². The van der Waals surface area contributed by atoms with Crippen LogP contribution < -0.4 is 10.1 Å². The van der Waals surface area contributed by atoms with E-state index in [0.29, 0.717) is 0 Å². The van der Waals surface area contributed by atoms with Crippen LogP contribution in [0.3, 0.4) is 0 Å². The minimum absolute atomic E-state index is 0.0788. The maximum Gasteiger partial charge on any atom is 0.342 e. The molecule has 1 aromatic carbocycles. The highest BCUT2D eigenvalue weighted by atomic mass is 16.6. The number of benzene rings is 1. The van der Waals surface area contributed by atoms with Gasteiger partial charge in [-0.1, -0.05) is 0 Å². The fourth-order valence-electron chi connectivity index (χ4n) is 1.72. The molecular formula is C13H14N2O6. The molecule has 21 heavy (non-hydrogen) atoms. The SMILES string of the molecule is O=C(CCOc1ccc([N+](=O)[O-])c(C(=O)O)c1)NC1CC1. The van der Waals surface area contributed by atoms with Crippen molar-refractivity contribution in [3.8, 4) is 5.75 Å². The Balaban J connectivity index is 1.93. The summed E-state index contributed by atoms with van der Waals surface area (Å²) in [6, 6.07) is 3.74. The Labute approximate surface area is 119 Å². The zero-order valence-electron chi connectivity index (χ0n) is 11.1. The van der Waals surface area contributed by atoms with E-state index < -0.39 is 22.1 Å². The van der Waals surface area contributed by atoms with Crippen molar-refractivity contribution in [1.29, 1.82) is 0 Å². The van der Waals surface area contributed by atoms with E-state index in [2.05, 4.69) is 5.32 Å². The molecule has 2 N–H and O–H groups in total. The number of carboxylic acid groups (broad SMARTS) is 1. The van der Waals surface area contributed by atoms with Crippen LogP contribution in [0, 0.1) is 10.1 Å². The van der Waals surface area contributed by atoms with E-state index in [4.69, 9.17) is 9.84 Å². The second kappa shape index (κ2) is 6.21. The third-order valence-electron chi connectivity index (χ3n) is 2.94.